The molecule has 0 saturated carbocycles. The topological polar surface area (TPSA) is 38.0 Å². The highest BCUT2D eigenvalue weighted by Gasteiger charge is 2.03. The third kappa shape index (κ3) is 2.09. The van der Waals surface area contributed by atoms with Gasteiger partial charge in [-0.2, -0.15) is 0 Å². The van der Waals surface area contributed by atoms with Crippen LogP contribution in [0.3, 0.4) is 0 Å². The maximum atomic E-state index is 13.1. The van der Waals surface area contributed by atoms with Gasteiger partial charge in [0, 0.05) is 13.1 Å². The zero-order valence-corrected chi connectivity index (χ0v) is 7.24. The van der Waals surface area contributed by atoms with Crippen LogP contribution >= 0.6 is 11.6 Å². The van der Waals surface area contributed by atoms with Crippen molar-refractivity contribution >= 4 is 17.3 Å². The number of halogens is 2. The van der Waals surface area contributed by atoms with Gasteiger partial charge in [-0.25, -0.2) is 4.39 Å². The fraction of sp³-hybridized carbons (Fsp3) is 0.250. The zero-order chi connectivity index (χ0) is 8.97. The molecule has 0 aliphatic heterocycles. The lowest BCUT2D eigenvalue weighted by molar-refractivity contribution is 0.630. The molecule has 0 aliphatic carbocycles. The van der Waals surface area contributed by atoms with Crippen LogP contribution in [0.2, 0.25) is 5.02 Å². The monoisotopic (exact) mass is 188 g/mol. The smallest absolute Gasteiger partial charge is 0.164 e. The molecule has 0 spiro atoms. The molecule has 0 heterocycles. The summed E-state index contributed by atoms with van der Waals surface area (Å²) in [6, 6.07) is 4.81. The molecule has 4 heteroatoms. The van der Waals surface area contributed by atoms with Gasteiger partial charge in [-0.3, -0.25) is 0 Å². The lowest BCUT2D eigenvalue weighted by atomic mass is 10.3. The zero-order valence-electron chi connectivity index (χ0n) is 6.48. The van der Waals surface area contributed by atoms with E-state index in [1.807, 2.05) is 0 Å². The molecule has 0 amide bonds. The van der Waals surface area contributed by atoms with Gasteiger partial charge < -0.3 is 11.1 Å². The van der Waals surface area contributed by atoms with Gasteiger partial charge in [-0.05, 0) is 12.1 Å². The Bertz CT molecular complexity index is 265. The van der Waals surface area contributed by atoms with Crippen molar-refractivity contribution in [1.82, 2.24) is 0 Å². The molecule has 0 fully saturated rings. The van der Waals surface area contributed by atoms with Crippen LogP contribution in [0.25, 0.3) is 0 Å². The van der Waals surface area contributed by atoms with E-state index in [1.165, 1.54) is 6.07 Å². The van der Waals surface area contributed by atoms with Crippen molar-refractivity contribution < 1.29 is 4.39 Å². The highest BCUT2D eigenvalue weighted by molar-refractivity contribution is 6.31. The van der Waals surface area contributed by atoms with E-state index in [0.717, 1.165) is 0 Å². The van der Waals surface area contributed by atoms with Crippen LogP contribution in [-0.4, -0.2) is 13.1 Å². The van der Waals surface area contributed by atoms with Gasteiger partial charge in [0.25, 0.3) is 0 Å². The minimum Gasteiger partial charge on any atom is -0.381 e. The fourth-order valence-electron chi connectivity index (χ4n) is 0.847. The maximum Gasteiger partial charge on any atom is 0.164 e. The lowest BCUT2D eigenvalue weighted by Crippen LogP contribution is -2.13. The van der Waals surface area contributed by atoms with Crippen LogP contribution < -0.4 is 11.1 Å². The average Bonchev–Trinajstić information content (AvgIpc) is 2.08. The van der Waals surface area contributed by atoms with Gasteiger partial charge in [0.15, 0.2) is 5.82 Å². The molecule has 0 aromatic heterocycles. The summed E-state index contributed by atoms with van der Waals surface area (Å²) in [5.74, 6) is -0.424. The molecule has 0 saturated heterocycles. The molecule has 0 aliphatic rings. The largest absolute Gasteiger partial charge is 0.381 e. The summed E-state index contributed by atoms with van der Waals surface area (Å²) in [6.45, 7) is 1.00. The predicted molar refractivity (Wildman–Crippen MR) is 49.0 cm³/mol. The van der Waals surface area contributed by atoms with Crippen molar-refractivity contribution in [2.45, 2.75) is 0 Å². The highest BCUT2D eigenvalue weighted by atomic mass is 35.5. The molecule has 66 valence electrons. The molecule has 0 radical (unpaired) electrons. The van der Waals surface area contributed by atoms with E-state index in [1.54, 1.807) is 12.1 Å². The molecule has 12 heavy (non-hydrogen) atoms. The van der Waals surface area contributed by atoms with Crippen molar-refractivity contribution in [1.29, 1.82) is 0 Å². The van der Waals surface area contributed by atoms with Crippen LogP contribution in [0.4, 0.5) is 10.1 Å². The van der Waals surface area contributed by atoms with Crippen molar-refractivity contribution in [3.8, 4) is 0 Å². The Hall–Kier alpha value is -0.800. The second-order valence-corrected chi connectivity index (χ2v) is 2.72. The molecule has 0 unspecified atom stereocenters. The first-order chi connectivity index (χ1) is 5.75. The second-order valence-electron chi connectivity index (χ2n) is 2.32. The second kappa shape index (κ2) is 4.28. The summed E-state index contributed by atoms with van der Waals surface area (Å²) >= 11 is 5.55. The predicted octanol–water partition coefficient (Wildman–Crippen LogP) is 1.85. The summed E-state index contributed by atoms with van der Waals surface area (Å²) < 4.78 is 13.1. The molecular weight excluding hydrogens is 179 g/mol. The number of hydrogen-bond donors (Lipinski definition) is 2. The molecule has 3 N–H and O–H groups in total. The van der Waals surface area contributed by atoms with Crippen LogP contribution in [0, 0.1) is 5.82 Å². The van der Waals surface area contributed by atoms with E-state index in [-0.39, 0.29) is 5.02 Å². The van der Waals surface area contributed by atoms with E-state index in [4.69, 9.17) is 17.3 Å². The Morgan fingerprint density at radius 1 is 1.50 bits per heavy atom. The average molecular weight is 189 g/mol. The van der Waals surface area contributed by atoms with Crippen LogP contribution in [0.1, 0.15) is 0 Å². The Balaban J connectivity index is 2.78. The summed E-state index contributed by atoms with van der Waals surface area (Å²) in [5, 5.41) is 2.94. The van der Waals surface area contributed by atoms with Gasteiger partial charge in [0.1, 0.15) is 0 Å². The highest BCUT2D eigenvalue weighted by Crippen LogP contribution is 2.21. The van der Waals surface area contributed by atoms with Crippen molar-refractivity contribution in [3.05, 3.63) is 29.0 Å². The lowest BCUT2D eigenvalue weighted by Gasteiger charge is -2.05. The molecule has 0 bridgehead atoms. The van der Waals surface area contributed by atoms with E-state index < -0.39 is 5.82 Å². The van der Waals surface area contributed by atoms with Crippen LogP contribution in [0.5, 0.6) is 0 Å². The van der Waals surface area contributed by atoms with Crippen LogP contribution in [0.15, 0.2) is 18.2 Å². The minimum atomic E-state index is -0.424. The molecule has 0 atom stereocenters. The Labute approximate surface area is 75.5 Å². The molecule has 1 aromatic carbocycles. The number of benzene rings is 1. The van der Waals surface area contributed by atoms with Crippen molar-refractivity contribution in [2.75, 3.05) is 18.4 Å². The number of nitrogens with two attached hydrogens (primary N) is 1. The van der Waals surface area contributed by atoms with Crippen molar-refractivity contribution in [2.24, 2.45) is 5.73 Å². The Kier molecular flexibility index (Phi) is 3.31. The van der Waals surface area contributed by atoms with Crippen LogP contribution in [-0.2, 0) is 0 Å². The standard InChI is InChI=1S/C8H10ClFN2/c9-6-2-1-3-7(8(6)10)12-5-4-11/h1-3,12H,4-5,11H2. The number of nitrogens with one attached hydrogen (secondary N) is 1. The van der Waals surface area contributed by atoms with E-state index in [2.05, 4.69) is 5.32 Å². The van der Waals surface area contributed by atoms with Gasteiger partial charge in [-0.1, -0.05) is 17.7 Å². The summed E-state index contributed by atoms with van der Waals surface area (Å²) in [6.07, 6.45) is 0. The molecule has 1 aromatic rings. The molecule has 2 nitrogen and oxygen atoms in total. The normalized spacial score (nSPS) is 9.92. The van der Waals surface area contributed by atoms with Gasteiger partial charge in [0.05, 0.1) is 10.7 Å². The molecule has 1 rings (SSSR count). The third-order valence-corrected chi connectivity index (χ3v) is 1.70. The Morgan fingerprint density at radius 2 is 2.25 bits per heavy atom. The number of anilines is 1. The van der Waals surface area contributed by atoms with Gasteiger partial charge >= 0.3 is 0 Å². The quantitative estimate of drug-likeness (QED) is 0.760. The minimum absolute atomic E-state index is 0.122. The maximum absolute atomic E-state index is 13.1. The molecular formula is C8H10ClFN2. The first-order valence-corrected chi connectivity index (χ1v) is 4.01. The summed E-state index contributed by atoms with van der Waals surface area (Å²) in [7, 11) is 0. The van der Waals surface area contributed by atoms with E-state index >= 15 is 0 Å². The van der Waals surface area contributed by atoms with Gasteiger partial charge in [-0.15, -0.1) is 0 Å². The Morgan fingerprint density at radius 3 is 2.92 bits per heavy atom. The van der Waals surface area contributed by atoms with Crippen molar-refractivity contribution in [3.63, 3.8) is 0 Å². The summed E-state index contributed by atoms with van der Waals surface area (Å²) in [4.78, 5) is 0. The third-order valence-electron chi connectivity index (χ3n) is 1.41. The fourth-order valence-corrected chi connectivity index (χ4v) is 1.02. The number of hydrogen-bond acceptors (Lipinski definition) is 2. The SMILES string of the molecule is NCCNc1cccc(Cl)c1F. The van der Waals surface area contributed by atoms with E-state index in [9.17, 15) is 4.39 Å². The van der Waals surface area contributed by atoms with E-state index in [0.29, 0.717) is 18.8 Å². The summed E-state index contributed by atoms with van der Waals surface area (Å²) in [5.41, 5.74) is 5.64. The first-order valence-electron chi connectivity index (χ1n) is 3.63. The van der Waals surface area contributed by atoms with Gasteiger partial charge in [0.2, 0.25) is 0 Å². The first kappa shape index (κ1) is 9.29. The number of rotatable bonds is 3.